The highest BCUT2D eigenvalue weighted by Crippen LogP contribution is 2.47. The molecule has 3 aliphatic rings. The van der Waals surface area contributed by atoms with E-state index < -0.39 is 23.8 Å². The Morgan fingerprint density at radius 1 is 1.26 bits per heavy atom. The van der Waals surface area contributed by atoms with E-state index in [0.717, 1.165) is 30.2 Å². The monoisotopic (exact) mass is 433 g/mol. The summed E-state index contributed by atoms with van der Waals surface area (Å²) in [5.41, 5.74) is 0.496. The van der Waals surface area contributed by atoms with Crippen LogP contribution in [0.4, 0.5) is 10.5 Å². The van der Waals surface area contributed by atoms with Crippen LogP contribution in [0.3, 0.4) is 0 Å². The topological polar surface area (TPSA) is 88.1 Å². The van der Waals surface area contributed by atoms with Crippen LogP contribution >= 0.6 is 15.9 Å². The van der Waals surface area contributed by atoms with Crippen LogP contribution in [-0.2, 0) is 9.59 Å². The molecular weight excluding hydrogens is 414 g/mol. The van der Waals surface area contributed by atoms with E-state index in [0.29, 0.717) is 23.3 Å². The number of fused-ring (bicyclic) bond motifs is 2. The average molecular weight is 434 g/mol. The third-order valence-corrected chi connectivity index (χ3v) is 6.26. The van der Waals surface area contributed by atoms with E-state index in [9.17, 15) is 14.4 Å². The van der Waals surface area contributed by atoms with Gasteiger partial charge < -0.3 is 4.74 Å². The molecule has 0 spiro atoms. The second kappa shape index (κ2) is 7.07. The molecule has 1 aromatic rings. The molecule has 4 amide bonds. The van der Waals surface area contributed by atoms with Crippen LogP contribution in [0.15, 0.2) is 27.7 Å². The lowest BCUT2D eigenvalue weighted by atomic mass is 9.92. The number of hydrogen-bond acceptors (Lipinski definition) is 5. The molecule has 1 saturated heterocycles. The van der Waals surface area contributed by atoms with E-state index in [1.54, 1.807) is 12.1 Å². The summed E-state index contributed by atoms with van der Waals surface area (Å²) in [6, 6.07) is 4.57. The van der Waals surface area contributed by atoms with Crippen molar-refractivity contribution in [3.8, 4) is 5.75 Å². The Kier molecular flexibility index (Phi) is 4.75. The van der Waals surface area contributed by atoms with Gasteiger partial charge in [-0.1, -0.05) is 22.4 Å². The SMILES string of the molecule is COc1ccc(Br)cc1N=C[C@H]1C(=O)NC(=O)N([C@@H]2C[C@H]3CC[C@H]2C3)C1=O. The van der Waals surface area contributed by atoms with Crippen LogP contribution in [0.5, 0.6) is 5.75 Å². The number of imide groups is 2. The molecule has 1 aliphatic heterocycles. The van der Waals surface area contributed by atoms with Gasteiger partial charge in [0.2, 0.25) is 11.8 Å². The van der Waals surface area contributed by atoms with Crippen LogP contribution in [-0.4, -0.2) is 42.1 Å². The van der Waals surface area contributed by atoms with Crippen LogP contribution in [0.25, 0.3) is 0 Å². The zero-order valence-corrected chi connectivity index (χ0v) is 16.4. The van der Waals surface area contributed by atoms with Crippen molar-refractivity contribution in [2.75, 3.05) is 7.11 Å². The maximum absolute atomic E-state index is 13.0. The van der Waals surface area contributed by atoms with Gasteiger partial charge in [0, 0.05) is 16.7 Å². The van der Waals surface area contributed by atoms with Gasteiger partial charge in [-0.05, 0) is 49.3 Å². The highest BCUT2D eigenvalue weighted by molar-refractivity contribution is 9.10. The Morgan fingerprint density at radius 2 is 2.07 bits per heavy atom. The summed E-state index contributed by atoms with van der Waals surface area (Å²) in [5, 5.41) is 2.32. The first kappa shape index (κ1) is 18.2. The number of ether oxygens (including phenoxy) is 1. The lowest BCUT2D eigenvalue weighted by Crippen LogP contribution is -2.62. The predicted octanol–water partition coefficient (Wildman–Crippen LogP) is 3.04. The van der Waals surface area contributed by atoms with Crippen molar-refractivity contribution in [3.05, 3.63) is 22.7 Å². The number of rotatable bonds is 4. The highest BCUT2D eigenvalue weighted by atomic mass is 79.9. The molecule has 2 bridgehead atoms. The molecule has 142 valence electrons. The van der Waals surface area contributed by atoms with Crippen molar-refractivity contribution in [2.45, 2.75) is 31.7 Å². The van der Waals surface area contributed by atoms with Crippen LogP contribution < -0.4 is 10.1 Å². The smallest absolute Gasteiger partial charge is 0.331 e. The number of barbiturate groups is 1. The predicted molar refractivity (Wildman–Crippen MR) is 102 cm³/mol. The summed E-state index contributed by atoms with van der Waals surface area (Å²) in [6.07, 6.45) is 5.39. The molecule has 0 aromatic heterocycles. The molecule has 1 aromatic carbocycles. The molecule has 1 N–H and O–H groups in total. The number of amides is 4. The second-order valence-electron chi connectivity index (χ2n) is 7.32. The number of halogens is 1. The number of carbonyl (C=O) groups excluding carboxylic acids is 3. The van der Waals surface area contributed by atoms with Gasteiger partial charge >= 0.3 is 6.03 Å². The van der Waals surface area contributed by atoms with Gasteiger partial charge in [-0.25, -0.2) is 4.79 Å². The molecule has 0 radical (unpaired) electrons. The Labute approximate surface area is 165 Å². The standard InChI is InChI=1S/C19H20BrN3O4/c1-27-16-5-4-12(20)8-14(16)21-9-13-17(24)22-19(26)23(18(13)25)15-7-10-2-3-11(15)6-10/h4-5,8-11,13,15H,2-3,6-7H2,1H3,(H,22,24,26)/t10-,11-,13-,15+/m0/s1. The van der Waals surface area contributed by atoms with Crippen molar-refractivity contribution in [1.82, 2.24) is 10.2 Å². The Morgan fingerprint density at radius 3 is 2.74 bits per heavy atom. The number of nitrogens with zero attached hydrogens (tertiary/aromatic N) is 2. The largest absolute Gasteiger partial charge is 0.494 e. The fourth-order valence-electron chi connectivity index (χ4n) is 4.50. The van der Waals surface area contributed by atoms with Crippen LogP contribution in [0.1, 0.15) is 25.7 Å². The summed E-state index contributed by atoms with van der Waals surface area (Å²) < 4.78 is 6.06. The van der Waals surface area contributed by atoms with Crippen molar-refractivity contribution < 1.29 is 19.1 Å². The second-order valence-corrected chi connectivity index (χ2v) is 8.23. The number of carbonyl (C=O) groups is 3. The van der Waals surface area contributed by atoms with Crippen molar-refractivity contribution in [1.29, 1.82) is 0 Å². The first-order valence-electron chi connectivity index (χ1n) is 9.03. The van der Waals surface area contributed by atoms with Gasteiger partial charge in [0.1, 0.15) is 11.4 Å². The molecule has 4 atom stereocenters. The minimum atomic E-state index is -1.12. The van der Waals surface area contributed by atoms with Gasteiger partial charge in [0.25, 0.3) is 0 Å². The Hall–Kier alpha value is -2.22. The van der Waals surface area contributed by atoms with Crippen molar-refractivity contribution >= 4 is 45.7 Å². The highest BCUT2D eigenvalue weighted by Gasteiger charge is 2.50. The van der Waals surface area contributed by atoms with E-state index in [4.69, 9.17) is 4.74 Å². The normalized spacial score (nSPS) is 30.3. The number of methoxy groups -OCH3 is 1. The van der Waals surface area contributed by atoms with Crippen LogP contribution in [0.2, 0.25) is 0 Å². The van der Waals surface area contributed by atoms with E-state index >= 15 is 0 Å². The van der Waals surface area contributed by atoms with Crippen molar-refractivity contribution in [2.24, 2.45) is 22.7 Å². The number of benzene rings is 1. The Bertz CT molecular complexity index is 840. The summed E-state index contributed by atoms with van der Waals surface area (Å²) in [4.78, 5) is 43.1. The minimum absolute atomic E-state index is 0.111. The van der Waals surface area contributed by atoms with E-state index in [-0.39, 0.29) is 6.04 Å². The molecular formula is C19H20BrN3O4. The molecule has 4 rings (SSSR count). The molecule has 7 nitrogen and oxygen atoms in total. The third-order valence-electron chi connectivity index (χ3n) is 5.77. The molecule has 3 fully saturated rings. The first-order chi connectivity index (χ1) is 13.0. The molecule has 27 heavy (non-hydrogen) atoms. The van der Waals surface area contributed by atoms with E-state index in [1.165, 1.54) is 18.2 Å². The summed E-state index contributed by atoms with van der Waals surface area (Å²) >= 11 is 3.37. The van der Waals surface area contributed by atoms with Crippen LogP contribution in [0, 0.1) is 17.8 Å². The lowest BCUT2D eigenvalue weighted by molar-refractivity contribution is -0.141. The van der Waals surface area contributed by atoms with Gasteiger partial charge in [0.15, 0.2) is 5.92 Å². The van der Waals surface area contributed by atoms with Gasteiger partial charge in [-0.15, -0.1) is 0 Å². The van der Waals surface area contributed by atoms with Gasteiger partial charge in [0.05, 0.1) is 7.11 Å². The summed E-state index contributed by atoms with van der Waals surface area (Å²) in [5.74, 6) is -0.789. The number of urea groups is 1. The molecule has 2 aliphatic carbocycles. The number of nitrogens with one attached hydrogen (secondary N) is 1. The lowest BCUT2D eigenvalue weighted by Gasteiger charge is -2.36. The van der Waals surface area contributed by atoms with E-state index in [2.05, 4.69) is 26.2 Å². The molecule has 0 unspecified atom stereocenters. The molecule has 2 saturated carbocycles. The van der Waals surface area contributed by atoms with Crippen molar-refractivity contribution in [3.63, 3.8) is 0 Å². The maximum atomic E-state index is 13.0. The zero-order valence-electron chi connectivity index (χ0n) is 14.9. The average Bonchev–Trinajstić information content (AvgIpc) is 3.25. The third kappa shape index (κ3) is 3.26. The summed E-state index contributed by atoms with van der Waals surface area (Å²) in [7, 11) is 1.52. The minimum Gasteiger partial charge on any atom is -0.494 e. The quantitative estimate of drug-likeness (QED) is 0.583. The molecule has 8 heteroatoms. The maximum Gasteiger partial charge on any atom is 0.331 e. The van der Waals surface area contributed by atoms with Gasteiger partial charge in [-0.2, -0.15) is 0 Å². The number of aliphatic imine (C=N–C) groups is 1. The fraction of sp³-hybridized carbons (Fsp3) is 0.474. The first-order valence-corrected chi connectivity index (χ1v) is 9.83. The Balaban J connectivity index is 1.59. The summed E-state index contributed by atoms with van der Waals surface area (Å²) in [6.45, 7) is 0. The van der Waals surface area contributed by atoms with E-state index in [1.807, 2.05) is 6.07 Å². The zero-order chi connectivity index (χ0) is 19.1. The molecule has 1 heterocycles. The van der Waals surface area contributed by atoms with Gasteiger partial charge in [-0.3, -0.25) is 24.8 Å². The number of hydrogen-bond donors (Lipinski definition) is 1. The fourth-order valence-corrected chi connectivity index (χ4v) is 4.85.